The molecule has 23 heavy (non-hydrogen) atoms. The monoisotopic (exact) mass is 312 g/mol. The van der Waals surface area contributed by atoms with Crippen molar-refractivity contribution in [3.8, 4) is 0 Å². The van der Waals surface area contributed by atoms with Crippen molar-refractivity contribution < 1.29 is 14.7 Å². The van der Waals surface area contributed by atoms with Gasteiger partial charge in [0.25, 0.3) is 5.91 Å². The molecular formula is C16H16N4O3. The summed E-state index contributed by atoms with van der Waals surface area (Å²) in [6, 6.07) is 2.34. The number of aliphatic carboxylic acids is 1. The Morgan fingerprint density at radius 1 is 1.39 bits per heavy atom. The molecule has 0 aromatic carbocycles. The van der Waals surface area contributed by atoms with Gasteiger partial charge in [-0.25, -0.2) is 4.79 Å². The molecule has 118 valence electrons. The molecule has 0 radical (unpaired) electrons. The van der Waals surface area contributed by atoms with Gasteiger partial charge in [0.15, 0.2) is 5.65 Å². The van der Waals surface area contributed by atoms with Crippen LogP contribution in [0.5, 0.6) is 0 Å². The number of allylic oxidation sites excluding steroid dienone is 1. The number of aromatic nitrogens is 3. The number of carbonyl (C=O) groups excluding carboxylic acids is 1. The quantitative estimate of drug-likeness (QED) is 0.829. The molecule has 2 aromatic heterocycles. The van der Waals surface area contributed by atoms with Crippen molar-refractivity contribution in [2.24, 2.45) is 11.8 Å². The highest BCUT2D eigenvalue weighted by atomic mass is 16.4. The maximum atomic E-state index is 12.5. The summed E-state index contributed by atoms with van der Waals surface area (Å²) in [5.41, 5.74) is 1.53. The topological polar surface area (TPSA) is 96.6 Å². The van der Waals surface area contributed by atoms with Crippen LogP contribution in [0.25, 0.3) is 5.65 Å². The van der Waals surface area contributed by atoms with Crippen molar-refractivity contribution in [3.63, 3.8) is 0 Å². The minimum absolute atomic E-state index is 0.317. The van der Waals surface area contributed by atoms with Gasteiger partial charge in [-0.2, -0.15) is 0 Å². The Kier molecular flexibility index (Phi) is 3.14. The Balaban J connectivity index is 1.59. The molecule has 1 amide bonds. The highest BCUT2D eigenvalue weighted by molar-refractivity contribution is 6.01. The summed E-state index contributed by atoms with van der Waals surface area (Å²) < 4.78 is 1.62. The lowest BCUT2D eigenvalue weighted by atomic mass is 9.93. The summed E-state index contributed by atoms with van der Waals surface area (Å²) in [5, 5.41) is 19.8. The van der Waals surface area contributed by atoms with Crippen molar-refractivity contribution in [1.29, 1.82) is 0 Å². The summed E-state index contributed by atoms with van der Waals surface area (Å²) in [5.74, 6) is -0.172. The lowest BCUT2D eigenvalue weighted by Gasteiger charge is -2.20. The molecule has 1 fully saturated rings. The molecule has 3 atom stereocenters. The van der Waals surface area contributed by atoms with Gasteiger partial charge in [-0.1, -0.05) is 6.08 Å². The van der Waals surface area contributed by atoms with E-state index in [1.165, 1.54) is 12.7 Å². The second kappa shape index (κ2) is 5.19. The van der Waals surface area contributed by atoms with Crippen LogP contribution in [-0.2, 0) is 4.79 Å². The largest absolute Gasteiger partial charge is 0.479 e. The smallest absolute Gasteiger partial charge is 0.330 e. The standard InChI is InChI=1S/C16H16N4O3/c21-15(12-2-1-5-20-8-17-19-14(12)20)18-13(16(22)23)10-4-3-9-6-11(9)7-10/h1-2,4-5,8-9,11,13H,3,6-7H2,(H,18,21)(H,22,23)/t9?,11?,13-/m1/s1. The third kappa shape index (κ3) is 2.48. The Morgan fingerprint density at radius 2 is 2.26 bits per heavy atom. The number of carboxylic acid groups (broad SMARTS) is 1. The van der Waals surface area contributed by atoms with Gasteiger partial charge in [-0.05, 0) is 48.8 Å². The summed E-state index contributed by atoms with van der Waals surface area (Å²) in [7, 11) is 0. The number of carbonyl (C=O) groups is 2. The molecule has 2 aliphatic rings. The molecule has 2 heterocycles. The van der Waals surface area contributed by atoms with Crippen LogP contribution in [0.1, 0.15) is 29.6 Å². The number of hydrogen-bond donors (Lipinski definition) is 2. The summed E-state index contributed by atoms with van der Waals surface area (Å²) in [4.78, 5) is 24.1. The summed E-state index contributed by atoms with van der Waals surface area (Å²) >= 11 is 0. The van der Waals surface area contributed by atoms with E-state index >= 15 is 0 Å². The van der Waals surface area contributed by atoms with E-state index in [0.29, 0.717) is 23.0 Å². The Labute approximate surface area is 132 Å². The molecule has 2 aromatic rings. The second-order valence-corrected chi connectivity index (χ2v) is 6.20. The van der Waals surface area contributed by atoms with Crippen LogP contribution in [-0.4, -0.2) is 37.6 Å². The average molecular weight is 312 g/mol. The fraction of sp³-hybridized carbons (Fsp3) is 0.375. The van der Waals surface area contributed by atoms with Gasteiger partial charge in [0.05, 0.1) is 5.56 Å². The normalized spacial score (nSPS) is 23.7. The first kappa shape index (κ1) is 13.9. The molecule has 0 spiro atoms. The van der Waals surface area contributed by atoms with Crippen molar-refractivity contribution in [2.75, 3.05) is 0 Å². The van der Waals surface area contributed by atoms with Gasteiger partial charge in [0.1, 0.15) is 12.4 Å². The van der Waals surface area contributed by atoms with Gasteiger partial charge in [-0.15, -0.1) is 10.2 Å². The van der Waals surface area contributed by atoms with E-state index in [0.717, 1.165) is 18.4 Å². The first-order valence-corrected chi connectivity index (χ1v) is 7.64. The van der Waals surface area contributed by atoms with E-state index in [1.807, 2.05) is 6.08 Å². The predicted molar refractivity (Wildman–Crippen MR) is 80.8 cm³/mol. The summed E-state index contributed by atoms with van der Waals surface area (Å²) in [6.07, 6.45) is 8.05. The molecule has 2 unspecified atom stereocenters. The van der Waals surface area contributed by atoms with Crippen LogP contribution in [0.15, 0.2) is 36.3 Å². The molecule has 2 N–H and O–H groups in total. The lowest BCUT2D eigenvalue weighted by molar-refractivity contribution is -0.138. The number of fused-ring (bicyclic) bond motifs is 2. The van der Waals surface area contributed by atoms with E-state index in [4.69, 9.17) is 0 Å². The number of nitrogens with zero attached hydrogens (tertiary/aromatic N) is 3. The molecule has 0 saturated heterocycles. The summed E-state index contributed by atoms with van der Waals surface area (Å²) in [6.45, 7) is 0. The zero-order valence-corrected chi connectivity index (χ0v) is 12.3. The van der Waals surface area contributed by atoms with E-state index < -0.39 is 17.9 Å². The predicted octanol–water partition coefficient (Wildman–Crippen LogP) is 1.27. The fourth-order valence-corrected chi connectivity index (χ4v) is 3.32. The van der Waals surface area contributed by atoms with Gasteiger partial charge >= 0.3 is 5.97 Å². The fourth-order valence-electron chi connectivity index (χ4n) is 3.32. The second-order valence-electron chi connectivity index (χ2n) is 6.20. The number of nitrogens with one attached hydrogen (secondary N) is 1. The number of amides is 1. The van der Waals surface area contributed by atoms with Crippen molar-refractivity contribution >= 4 is 17.5 Å². The lowest BCUT2D eigenvalue weighted by Crippen LogP contribution is -2.42. The Hall–Kier alpha value is -2.70. The molecule has 0 bridgehead atoms. The highest BCUT2D eigenvalue weighted by Crippen LogP contribution is 2.49. The minimum atomic E-state index is -1.03. The van der Waals surface area contributed by atoms with Crippen molar-refractivity contribution in [2.45, 2.75) is 25.3 Å². The van der Waals surface area contributed by atoms with Crippen LogP contribution in [0.3, 0.4) is 0 Å². The van der Waals surface area contributed by atoms with Crippen LogP contribution in [0.2, 0.25) is 0 Å². The maximum Gasteiger partial charge on any atom is 0.330 e. The SMILES string of the molecule is O=C(N[C@@H](C(=O)O)C1=CCC2CC2C1)c1cccn2cnnc12. The first-order chi connectivity index (χ1) is 11.1. The van der Waals surface area contributed by atoms with Crippen LogP contribution in [0.4, 0.5) is 0 Å². The van der Waals surface area contributed by atoms with Crippen LogP contribution >= 0.6 is 0 Å². The Morgan fingerprint density at radius 3 is 3.04 bits per heavy atom. The van der Waals surface area contributed by atoms with Gasteiger partial charge in [0.2, 0.25) is 0 Å². The maximum absolute atomic E-state index is 12.5. The van der Waals surface area contributed by atoms with Crippen LogP contribution in [0, 0.1) is 11.8 Å². The third-order valence-electron chi connectivity index (χ3n) is 4.71. The van der Waals surface area contributed by atoms with Gasteiger partial charge in [0, 0.05) is 6.20 Å². The number of rotatable bonds is 4. The van der Waals surface area contributed by atoms with Crippen LogP contribution < -0.4 is 5.32 Å². The number of carboxylic acids is 1. The minimum Gasteiger partial charge on any atom is -0.479 e. The third-order valence-corrected chi connectivity index (χ3v) is 4.71. The Bertz CT molecular complexity index is 826. The number of pyridine rings is 1. The highest BCUT2D eigenvalue weighted by Gasteiger charge is 2.41. The first-order valence-electron chi connectivity index (χ1n) is 7.64. The van der Waals surface area contributed by atoms with Crippen molar-refractivity contribution in [3.05, 3.63) is 41.9 Å². The number of hydrogen-bond acceptors (Lipinski definition) is 4. The molecule has 1 saturated carbocycles. The molecule has 0 aliphatic heterocycles. The molecule has 7 heteroatoms. The molecule has 7 nitrogen and oxygen atoms in total. The average Bonchev–Trinajstić information content (AvgIpc) is 3.16. The zero-order valence-electron chi connectivity index (χ0n) is 12.3. The van der Waals surface area contributed by atoms with Crippen molar-refractivity contribution in [1.82, 2.24) is 19.9 Å². The van der Waals surface area contributed by atoms with E-state index in [-0.39, 0.29) is 0 Å². The van der Waals surface area contributed by atoms with E-state index in [2.05, 4.69) is 15.5 Å². The molecule has 2 aliphatic carbocycles. The molecule has 4 rings (SSSR count). The zero-order chi connectivity index (χ0) is 16.0. The van der Waals surface area contributed by atoms with Gasteiger partial charge < -0.3 is 10.4 Å². The molecular weight excluding hydrogens is 296 g/mol. The van der Waals surface area contributed by atoms with E-state index in [1.54, 1.807) is 22.7 Å². The van der Waals surface area contributed by atoms with E-state index in [9.17, 15) is 14.7 Å². The van der Waals surface area contributed by atoms with Gasteiger partial charge in [-0.3, -0.25) is 9.20 Å².